The van der Waals surface area contributed by atoms with E-state index in [1.165, 1.54) is 24.7 Å². The number of carboxylic acids is 1. The molecule has 0 unspecified atom stereocenters. The number of alkyl halides is 3. The second-order valence-corrected chi connectivity index (χ2v) is 12.4. The maximum absolute atomic E-state index is 14.6. The van der Waals surface area contributed by atoms with Crippen LogP contribution in [0.25, 0.3) is 0 Å². The van der Waals surface area contributed by atoms with Crippen molar-refractivity contribution in [2.75, 3.05) is 13.1 Å². The Balaban J connectivity index is 1.50. The highest BCUT2D eigenvalue weighted by atomic mass is 35.5. The summed E-state index contributed by atoms with van der Waals surface area (Å²) in [6.45, 7) is 1.52. The van der Waals surface area contributed by atoms with Gasteiger partial charge in [-0.15, -0.1) is 0 Å². The largest absolute Gasteiger partial charge is 0.481 e. The van der Waals surface area contributed by atoms with E-state index in [4.69, 9.17) is 23.2 Å². The fourth-order valence-corrected chi connectivity index (χ4v) is 6.85. The zero-order valence-electron chi connectivity index (χ0n) is 21.3. The summed E-state index contributed by atoms with van der Waals surface area (Å²) in [5.41, 5.74) is -3.72. The van der Waals surface area contributed by atoms with Crippen molar-refractivity contribution in [2.45, 2.75) is 70.0 Å². The molecular formula is C27H28Cl2F3N3O4. The van der Waals surface area contributed by atoms with Gasteiger partial charge in [0.15, 0.2) is 5.78 Å². The molecule has 6 rings (SSSR count). The molecule has 1 amide bonds. The first-order valence-corrected chi connectivity index (χ1v) is 13.6. The number of Topliss-reactive ketones (excluding diaryl/α,β-unsaturated/α-hetero) is 1. The Hall–Kier alpha value is -2.59. The van der Waals surface area contributed by atoms with Crippen LogP contribution in [0.15, 0.2) is 24.7 Å². The molecule has 39 heavy (non-hydrogen) atoms. The van der Waals surface area contributed by atoms with E-state index in [1.54, 1.807) is 0 Å². The van der Waals surface area contributed by atoms with Gasteiger partial charge in [-0.2, -0.15) is 13.2 Å². The first-order valence-electron chi connectivity index (χ1n) is 12.8. The molecule has 4 aliphatic carbocycles. The molecule has 2 aromatic heterocycles. The van der Waals surface area contributed by atoms with Crippen molar-refractivity contribution in [2.24, 2.45) is 10.8 Å². The number of hydrogen-bond donors (Lipinski definition) is 1. The Labute approximate surface area is 233 Å². The first kappa shape index (κ1) is 28.0. The smallest absolute Gasteiger partial charge is 0.432 e. The van der Waals surface area contributed by atoms with Crippen molar-refractivity contribution in [1.29, 1.82) is 0 Å². The lowest BCUT2D eigenvalue weighted by Gasteiger charge is -2.52. The Kier molecular flexibility index (Phi) is 6.81. The number of fused-ring (bicyclic) bond motifs is 3. The zero-order chi connectivity index (χ0) is 28.4. The number of carbonyl (C=O) groups excluding carboxylic acids is 2. The second kappa shape index (κ2) is 9.51. The van der Waals surface area contributed by atoms with Crippen LogP contribution in [0.4, 0.5) is 13.2 Å². The van der Waals surface area contributed by atoms with Crippen molar-refractivity contribution in [3.8, 4) is 0 Å². The minimum absolute atomic E-state index is 0.00852. The van der Waals surface area contributed by atoms with E-state index >= 15 is 0 Å². The number of amides is 1. The van der Waals surface area contributed by atoms with Crippen molar-refractivity contribution in [3.63, 3.8) is 0 Å². The summed E-state index contributed by atoms with van der Waals surface area (Å²) < 4.78 is 45.1. The van der Waals surface area contributed by atoms with Crippen molar-refractivity contribution < 1.29 is 32.7 Å². The Morgan fingerprint density at radius 1 is 1.03 bits per heavy atom. The minimum atomic E-state index is -4.85. The van der Waals surface area contributed by atoms with Crippen molar-refractivity contribution in [1.82, 2.24) is 14.5 Å². The van der Waals surface area contributed by atoms with E-state index in [9.17, 15) is 32.7 Å². The van der Waals surface area contributed by atoms with Crippen LogP contribution in [0.2, 0.25) is 10.0 Å². The van der Waals surface area contributed by atoms with Gasteiger partial charge in [-0.3, -0.25) is 19.4 Å². The van der Waals surface area contributed by atoms with Crippen LogP contribution in [0.5, 0.6) is 0 Å². The number of ketones is 1. The van der Waals surface area contributed by atoms with Gasteiger partial charge in [-0.25, -0.2) is 0 Å². The maximum atomic E-state index is 14.6. The summed E-state index contributed by atoms with van der Waals surface area (Å²) in [4.78, 5) is 43.8. The molecule has 0 radical (unpaired) electrons. The number of rotatable bonds is 8. The lowest BCUT2D eigenvalue weighted by molar-refractivity contribution is -0.162. The Morgan fingerprint density at radius 2 is 1.59 bits per heavy atom. The predicted octanol–water partition coefficient (Wildman–Crippen LogP) is 6.47. The lowest BCUT2D eigenvalue weighted by atomic mass is 9.57. The van der Waals surface area contributed by atoms with Gasteiger partial charge in [0.05, 0.1) is 33.1 Å². The van der Waals surface area contributed by atoms with Crippen LogP contribution in [-0.2, 0) is 16.5 Å². The molecule has 4 saturated carbocycles. The number of nitrogens with zero attached hydrogens (tertiary/aromatic N) is 3. The molecule has 0 saturated heterocycles. The minimum Gasteiger partial charge on any atom is -0.481 e. The number of aliphatic carboxylic acids is 1. The van der Waals surface area contributed by atoms with E-state index in [0.717, 1.165) is 22.3 Å². The summed E-state index contributed by atoms with van der Waals surface area (Å²) in [6.07, 6.45) is 2.19. The van der Waals surface area contributed by atoms with Crippen LogP contribution in [-0.4, -0.2) is 50.3 Å². The molecule has 4 fully saturated rings. The monoisotopic (exact) mass is 585 g/mol. The Morgan fingerprint density at radius 3 is 2.08 bits per heavy atom. The molecule has 2 bridgehead atoms. The Bertz CT molecular complexity index is 1310. The highest BCUT2D eigenvalue weighted by Gasteiger charge is 2.55. The van der Waals surface area contributed by atoms with E-state index in [-0.39, 0.29) is 66.1 Å². The molecule has 2 aromatic rings. The van der Waals surface area contributed by atoms with E-state index in [1.807, 2.05) is 6.92 Å². The number of carboxylic acid groups (broad SMARTS) is 1. The van der Waals surface area contributed by atoms with Gasteiger partial charge >= 0.3 is 12.1 Å². The summed E-state index contributed by atoms with van der Waals surface area (Å²) >= 11 is 12.3. The lowest BCUT2D eigenvalue weighted by Crippen LogP contribution is -2.51. The maximum Gasteiger partial charge on any atom is 0.432 e. The average molecular weight is 586 g/mol. The van der Waals surface area contributed by atoms with Gasteiger partial charge < -0.3 is 14.6 Å². The van der Waals surface area contributed by atoms with E-state index in [0.29, 0.717) is 0 Å². The summed E-state index contributed by atoms with van der Waals surface area (Å²) in [5, 5.41) is 9.67. The fourth-order valence-electron chi connectivity index (χ4n) is 6.27. The third-order valence-corrected chi connectivity index (χ3v) is 9.56. The molecule has 12 heteroatoms. The van der Waals surface area contributed by atoms with Gasteiger partial charge in [-0.1, -0.05) is 30.1 Å². The van der Waals surface area contributed by atoms with Crippen molar-refractivity contribution >= 4 is 40.9 Å². The van der Waals surface area contributed by atoms with Crippen LogP contribution in [0.3, 0.4) is 0 Å². The van der Waals surface area contributed by atoms with Gasteiger partial charge in [-0.05, 0) is 62.8 Å². The predicted molar refractivity (Wildman–Crippen MR) is 137 cm³/mol. The third-order valence-electron chi connectivity index (χ3n) is 8.99. The van der Waals surface area contributed by atoms with Crippen molar-refractivity contribution in [3.05, 3.63) is 51.5 Å². The molecule has 0 spiro atoms. The van der Waals surface area contributed by atoms with E-state index < -0.39 is 52.6 Å². The van der Waals surface area contributed by atoms with Crippen LogP contribution < -0.4 is 0 Å². The van der Waals surface area contributed by atoms with Gasteiger partial charge in [0.25, 0.3) is 5.91 Å². The quantitative estimate of drug-likeness (QED) is 0.358. The molecule has 0 aliphatic heterocycles. The molecule has 7 nitrogen and oxygen atoms in total. The summed E-state index contributed by atoms with van der Waals surface area (Å²) in [7, 11) is 0. The SMILES string of the molecule is CC1(CN(CC(=O)c2c(Cl)cncc2Cl)C(=O)c2ccn(C34CCC(C(=O)O)(CC3)CC4)c2C(F)(F)F)CC1. The molecule has 210 valence electrons. The number of carbonyl (C=O) groups is 3. The molecule has 0 aromatic carbocycles. The molecule has 1 N–H and O–H groups in total. The third kappa shape index (κ3) is 4.94. The normalized spacial score (nSPS) is 25.4. The summed E-state index contributed by atoms with van der Waals surface area (Å²) in [5.74, 6) is -2.40. The molecular weight excluding hydrogens is 558 g/mol. The number of halogens is 5. The first-order chi connectivity index (χ1) is 18.2. The van der Waals surface area contributed by atoms with Gasteiger partial charge in [0.2, 0.25) is 0 Å². The molecule has 4 aliphatic rings. The fraction of sp³-hybridized carbons (Fsp3) is 0.556. The van der Waals surface area contributed by atoms with Crippen LogP contribution in [0, 0.1) is 10.8 Å². The molecule has 2 heterocycles. The van der Waals surface area contributed by atoms with Crippen LogP contribution in [0.1, 0.15) is 84.7 Å². The topological polar surface area (TPSA) is 92.5 Å². The average Bonchev–Trinajstić information content (AvgIpc) is 3.41. The van der Waals surface area contributed by atoms with E-state index in [2.05, 4.69) is 4.98 Å². The van der Waals surface area contributed by atoms with Gasteiger partial charge in [0.1, 0.15) is 5.69 Å². The standard InChI is InChI=1S/C27H28Cl2F3N3O4/c1-24(3-4-24)15-34(14-19(36)20-17(28)12-33-13-18(20)29)22(37)16-2-11-35(21(16)27(30,31)32)26-8-5-25(6-9-26,7-10-26)23(38)39/h2,11-13H,3-10,14-15H2,1H3,(H,38,39). The number of pyridine rings is 1. The van der Waals surface area contributed by atoms with Gasteiger partial charge in [0, 0.05) is 30.7 Å². The molecule has 0 atom stereocenters. The summed E-state index contributed by atoms with van der Waals surface area (Å²) in [6, 6.07) is 1.17. The number of hydrogen-bond acceptors (Lipinski definition) is 4. The van der Waals surface area contributed by atoms with Crippen LogP contribution >= 0.6 is 23.2 Å². The highest BCUT2D eigenvalue weighted by molar-refractivity contribution is 6.39. The number of aromatic nitrogens is 2. The zero-order valence-corrected chi connectivity index (χ0v) is 22.8. The highest BCUT2D eigenvalue weighted by Crippen LogP contribution is 2.57. The second-order valence-electron chi connectivity index (χ2n) is 11.6.